The van der Waals surface area contributed by atoms with Crippen molar-refractivity contribution in [1.82, 2.24) is 0 Å². The van der Waals surface area contributed by atoms with Gasteiger partial charge in [0.1, 0.15) is 22.1 Å². The van der Waals surface area contributed by atoms with Crippen LogP contribution in [0.3, 0.4) is 0 Å². The molecule has 0 N–H and O–H groups in total. The maximum atomic E-state index is 6.50. The van der Waals surface area contributed by atoms with Gasteiger partial charge >= 0.3 is 9.05 Å². The summed E-state index contributed by atoms with van der Waals surface area (Å²) in [5.41, 5.74) is 0. The fourth-order valence-electron chi connectivity index (χ4n) is 2.59. The van der Waals surface area contributed by atoms with E-state index in [0.717, 1.165) is 26.8 Å². The van der Waals surface area contributed by atoms with E-state index in [-0.39, 0.29) is 6.61 Å². The zero-order valence-corrected chi connectivity index (χ0v) is 34.5. The van der Waals surface area contributed by atoms with Crippen molar-refractivity contribution in [2.75, 3.05) is 6.61 Å². The van der Waals surface area contributed by atoms with Crippen molar-refractivity contribution < 1.29 is 17.7 Å². The number of hydrogen-bond donors (Lipinski definition) is 0. The van der Waals surface area contributed by atoms with Gasteiger partial charge in [0.05, 0.1) is 13.4 Å². The Bertz CT molecular complexity index is 1160. The largest absolute Gasteiger partial charge is 0.893 e. The summed E-state index contributed by atoms with van der Waals surface area (Å²) in [7, 11) is -4.12. The Hall–Kier alpha value is 2.14. The Morgan fingerprint density at radius 3 is 1.16 bits per heavy atom. The van der Waals surface area contributed by atoms with Crippen LogP contribution in [0, 0.1) is 0 Å². The molecule has 200 valence electrons. The van der Waals surface area contributed by atoms with E-state index in [0.29, 0.717) is 37.1 Å². The van der Waals surface area contributed by atoms with Crippen LogP contribution in [0.2, 0.25) is 0 Å². The van der Waals surface area contributed by atoms with E-state index in [9.17, 15) is 0 Å². The van der Waals surface area contributed by atoms with Gasteiger partial charge < -0.3 is 17.7 Å². The minimum Gasteiger partial charge on any atom is -0.460 e. The highest BCUT2D eigenvalue weighted by Crippen LogP contribution is 2.44. The van der Waals surface area contributed by atoms with Gasteiger partial charge in [-0.2, -0.15) is 0 Å². The Labute approximate surface area is 300 Å². The molecule has 0 aromatic heterocycles. The Morgan fingerprint density at radius 1 is 0.541 bits per heavy atom. The molecule has 0 saturated carbocycles. The first-order chi connectivity index (χ1) is 17.3. The van der Waals surface area contributed by atoms with Gasteiger partial charge in [-0.15, -0.1) is 23.2 Å². The highest BCUT2D eigenvalue weighted by atomic mass is 79.9. The summed E-state index contributed by atoms with van der Waals surface area (Å²) < 4.78 is 32.4. The Kier molecular flexibility index (Phi) is 13.7. The molecule has 0 aliphatic carbocycles. The third kappa shape index (κ3) is 8.82. The average Bonchev–Trinajstić information content (AvgIpc) is 2.85. The van der Waals surface area contributed by atoms with Crippen molar-refractivity contribution in [3.05, 3.63) is 76.7 Å². The normalized spacial score (nSPS) is 11.7. The molecule has 0 spiro atoms. The highest BCUT2D eigenvalue weighted by molar-refractivity contribution is 9.15. The molecular weight excluding hydrogens is 1130 g/mol. The van der Waals surface area contributed by atoms with Gasteiger partial charge in [-0.05, 0) is 186 Å². The van der Waals surface area contributed by atoms with E-state index in [1.54, 1.807) is 18.2 Å². The second-order valence-corrected chi connectivity index (χ2v) is 17.4. The molecule has 16 heteroatoms. The molecule has 4 nitrogen and oxygen atoms in total. The summed E-state index contributed by atoms with van der Waals surface area (Å²) in [6.45, 7) is 0.101. The molecule has 0 saturated heterocycles. The van der Waals surface area contributed by atoms with E-state index in [4.69, 9.17) is 40.9 Å². The Balaban J connectivity index is 2.18. The first kappa shape index (κ1) is 33.6. The molecule has 3 rings (SSSR count). The molecule has 3 aromatic rings. The Morgan fingerprint density at radius 2 is 0.865 bits per heavy atom. The third-order valence-corrected chi connectivity index (χ3v) is 16.7. The number of halogens is 11. The van der Waals surface area contributed by atoms with Gasteiger partial charge in [0.2, 0.25) is 0 Å². The van der Waals surface area contributed by atoms with Crippen LogP contribution in [0.15, 0.2) is 76.7 Å². The summed E-state index contributed by atoms with van der Waals surface area (Å²) in [6, 6.07) is 10.8. The molecule has 0 aliphatic rings. The fraction of sp³-hybridized carbons (Fsp3) is 0.143. The molecule has 0 radical (unpaired) electrons. The standard InChI is InChI=1S/C21H11Br9Cl2O4Si/c22-9-1-4-12(19(28)16(9)25)34-37(33-8-7-15(31)32,35-13-5-2-10(23)17(26)20(13)29)36-14-6-3-11(24)18(27)21(14)30/h1-6,15H,7-8H2. The van der Waals surface area contributed by atoms with Crippen LogP contribution in [0.25, 0.3) is 0 Å². The van der Waals surface area contributed by atoms with Crippen molar-refractivity contribution >= 4 is 176 Å². The van der Waals surface area contributed by atoms with Crippen molar-refractivity contribution in [3.63, 3.8) is 0 Å². The lowest BCUT2D eigenvalue weighted by atomic mass is 10.3. The monoisotopic (exact) mass is 1140 g/mol. The minimum atomic E-state index is -4.12. The lowest BCUT2D eigenvalue weighted by Gasteiger charge is -2.30. The topological polar surface area (TPSA) is 36.9 Å². The molecule has 37 heavy (non-hydrogen) atoms. The smallest absolute Gasteiger partial charge is 0.460 e. The second-order valence-electron chi connectivity index (χ2n) is 6.85. The van der Waals surface area contributed by atoms with Crippen LogP contribution in [-0.4, -0.2) is 20.5 Å². The van der Waals surface area contributed by atoms with Gasteiger partial charge in [-0.1, -0.05) is 0 Å². The van der Waals surface area contributed by atoms with Gasteiger partial charge in [0, 0.05) is 33.4 Å². The van der Waals surface area contributed by atoms with E-state index in [1.807, 2.05) is 18.2 Å². The third-order valence-electron chi connectivity index (χ3n) is 4.32. The summed E-state index contributed by atoms with van der Waals surface area (Å²) in [5, 5.41) is 0. The molecule has 3 aromatic carbocycles. The highest BCUT2D eigenvalue weighted by Gasteiger charge is 2.56. The number of benzene rings is 3. The van der Waals surface area contributed by atoms with Crippen LogP contribution in [0.5, 0.6) is 17.2 Å². The average molecular weight is 1150 g/mol. The lowest BCUT2D eigenvalue weighted by molar-refractivity contribution is 0.0899. The SMILES string of the molecule is ClC(Cl)CCO[Si](Oc1ccc(Br)c(Br)c1Br)(Oc1ccc(Br)c(Br)c1Br)Oc1ccc(Br)c(Br)c1Br. The molecular formula is C21H11Br9Cl2O4Si. The number of hydrogen-bond acceptors (Lipinski definition) is 4. The number of alkyl halides is 2. The predicted octanol–water partition coefficient (Wildman–Crippen LogP) is 12.7. The minimum absolute atomic E-state index is 0.101. The second kappa shape index (κ2) is 15.0. The number of rotatable bonds is 10. The summed E-state index contributed by atoms with van der Waals surface area (Å²) >= 11 is 43.9. The maximum absolute atomic E-state index is 6.50. The van der Waals surface area contributed by atoms with Gasteiger partial charge in [0.15, 0.2) is 0 Å². The van der Waals surface area contributed by atoms with Crippen LogP contribution < -0.4 is 13.3 Å². The van der Waals surface area contributed by atoms with Crippen LogP contribution in [0.1, 0.15) is 6.42 Å². The summed E-state index contributed by atoms with van der Waals surface area (Å²) in [5.74, 6) is 1.28. The molecule has 0 heterocycles. The molecule has 0 amide bonds. The zero-order valence-electron chi connectivity index (χ0n) is 17.7. The molecule has 0 fully saturated rings. The van der Waals surface area contributed by atoms with E-state index in [1.165, 1.54) is 0 Å². The van der Waals surface area contributed by atoms with Crippen molar-refractivity contribution in [2.45, 2.75) is 11.3 Å². The van der Waals surface area contributed by atoms with Crippen molar-refractivity contribution in [3.8, 4) is 17.2 Å². The van der Waals surface area contributed by atoms with Crippen LogP contribution >= 0.6 is 167 Å². The lowest BCUT2D eigenvalue weighted by Crippen LogP contribution is -2.58. The molecule has 0 aliphatic heterocycles. The van der Waals surface area contributed by atoms with Crippen molar-refractivity contribution in [2.24, 2.45) is 0 Å². The first-order valence-electron chi connectivity index (χ1n) is 9.75. The van der Waals surface area contributed by atoms with Crippen LogP contribution in [0.4, 0.5) is 0 Å². The maximum Gasteiger partial charge on any atom is 0.893 e. The summed E-state index contributed by atoms with van der Waals surface area (Å²) in [6.07, 6.45) is 0.315. The van der Waals surface area contributed by atoms with Crippen LogP contribution in [-0.2, 0) is 4.43 Å². The quantitative estimate of drug-likeness (QED) is 0.115. The fourth-order valence-corrected chi connectivity index (χ4v) is 9.26. The van der Waals surface area contributed by atoms with E-state index in [2.05, 4.69) is 143 Å². The van der Waals surface area contributed by atoms with Gasteiger partial charge in [0.25, 0.3) is 0 Å². The molecule has 0 unspecified atom stereocenters. The summed E-state index contributed by atoms with van der Waals surface area (Å²) in [4.78, 5) is -0.651. The zero-order chi connectivity index (χ0) is 27.5. The van der Waals surface area contributed by atoms with Gasteiger partial charge in [-0.3, -0.25) is 0 Å². The van der Waals surface area contributed by atoms with Crippen molar-refractivity contribution in [1.29, 1.82) is 0 Å². The van der Waals surface area contributed by atoms with Gasteiger partial charge in [-0.25, -0.2) is 0 Å². The predicted molar refractivity (Wildman–Crippen MR) is 182 cm³/mol. The molecule has 0 bridgehead atoms. The van der Waals surface area contributed by atoms with E-state index >= 15 is 0 Å². The first-order valence-corrected chi connectivity index (χ1v) is 19.4. The molecule has 0 atom stereocenters. The van der Waals surface area contributed by atoms with E-state index < -0.39 is 13.9 Å².